The Balaban J connectivity index is 1.96. The van der Waals surface area contributed by atoms with E-state index in [0.717, 1.165) is 0 Å². The second kappa shape index (κ2) is 10.2. The number of carbonyl (C=O) groups is 2. The summed E-state index contributed by atoms with van der Waals surface area (Å²) in [6.07, 6.45) is 1.64. The number of fused-ring (bicyclic) bond motifs is 1. The van der Waals surface area contributed by atoms with Gasteiger partial charge in [-0.15, -0.1) is 0 Å². The minimum atomic E-state index is -0.535. The van der Waals surface area contributed by atoms with Crippen molar-refractivity contribution in [2.24, 2.45) is 5.92 Å². The number of ether oxygens (including phenoxy) is 1. The standard InChI is InChI=1S/C23H29N5O4S/c1-13(2)12-27-21(30)17-8-7-16(22(31)32-6)11-18(17)25-23(27)33-15(5)20(29)26-19-9-10-24-28(19)14(3)4/h7-11,13-15H,12H2,1-6H3,(H,26,29)/t15-/m1/s1. The summed E-state index contributed by atoms with van der Waals surface area (Å²) in [6.45, 7) is 10.2. The van der Waals surface area contributed by atoms with Crippen LogP contribution in [0.4, 0.5) is 5.82 Å². The number of benzene rings is 1. The molecule has 0 radical (unpaired) electrons. The van der Waals surface area contributed by atoms with E-state index in [1.54, 1.807) is 40.6 Å². The number of nitrogens with zero attached hydrogens (tertiary/aromatic N) is 4. The topological polar surface area (TPSA) is 108 Å². The number of hydrogen-bond donors (Lipinski definition) is 1. The van der Waals surface area contributed by atoms with Crippen LogP contribution in [0, 0.1) is 5.92 Å². The molecule has 2 heterocycles. The Morgan fingerprint density at radius 2 is 1.88 bits per heavy atom. The number of carbonyl (C=O) groups excluding carboxylic acids is 2. The molecule has 1 atom stereocenters. The van der Waals surface area contributed by atoms with Crippen LogP contribution in [0.5, 0.6) is 0 Å². The minimum Gasteiger partial charge on any atom is -0.465 e. The summed E-state index contributed by atoms with van der Waals surface area (Å²) in [5, 5.41) is 7.43. The van der Waals surface area contributed by atoms with Crippen LogP contribution in [-0.4, -0.2) is 43.6 Å². The molecule has 0 aliphatic carbocycles. The Labute approximate surface area is 196 Å². The summed E-state index contributed by atoms with van der Waals surface area (Å²) in [4.78, 5) is 42.7. The zero-order valence-corrected chi connectivity index (χ0v) is 20.5. The SMILES string of the molecule is COC(=O)c1ccc2c(=O)n(CC(C)C)c(S[C@H](C)C(=O)Nc3ccnn3C(C)C)nc2c1. The molecule has 10 heteroatoms. The maximum absolute atomic E-state index is 13.2. The summed E-state index contributed by atoms with van der Waals surface area (Å²) in [5.41, 5.74) is 0.483. The predicted octanol–water partition coefficient (Wildman–Crippen LogP) is 3.74. The molecular formula is C23H29N5O4S. The molecule has 0 aliphatic rings. The van der Waals surface area contributed by atoms with Gasteiger partial charge in [-0.05, 0) is 44.9 Å². The molecule has 1 aromatic carbocycles. The van der Waals surface area contributed by atoms with Crippen LogP contribution in [-0.2, 0) is 16.1 Å². The van der Waals surface area contributed by atoms with Crippen LogP contribution in [0.2, 0.25) is 0 Å². The average molecular weight is 472 g/mol. The molecule has 0 aliphatic heterocycles. The van der Waals surface area contributed by atoms with Gasteiger partial charge in [-0.1, -0.05) is 25.6 Å². The summed E-state index contributed by atoms with van der Waals surface area (Å²) in [7, 11) is 1.30. The molecule has 0 bridgehead atoms. The van der Waals surface area contributed by atoms with E-state index in [0.29, 0.717) is 34.0 Å². The van der Waals surface area contributed by atoms with Crippen LogP contribution in [0.15, 0.2) is 40.4 Å². The molecule has 1 amide bonds. The van der Waals surface area contributed by atoms with Gasteiger partial charge in [0, 0.05) is 18.7 Å². The predicted molar refractivity (Wildman–Crippen MR) is 129 cm³/mol. The highest BCUT2D eigenvalue weighted by molar-refractivity contribution is 8.00. The molecule has 3 rings (SSSR count). The van der Waals surface area contributed by atoms with Gasteiger partial charge in [0.25, 0.3) is 5.56 Å². The highest BCUT2D eigenvalue weighted by Gasteiger charge is 2.22. The molecular weight excluding hydrogens is 442 g/mol. The summed E-state index contributed by atoms with van der Waals surface area (Å²) in [6, 6.07) is 6.52. The average Bonchev–Trinajstić information content (AvgIpc) is 3.23. The second-order valence-corrected chi connectivity index (χ2v) is 9.74. The summed E-state index contributed by atoms with van der Waals surface area (Å²) >= 11 is 1.20. The Bertz CT molecular complexity index is 1230. The lowest BCUT2D eigenvalue weighted by atomic mass is 10.1. The molecule has 0 saturated heterocycles. The molecule has 176 valence electrons. The first-order valence-corrected chi connectivity index (χ1v) is 11.6. The van der Waals surface area contributed by atoms with E-state index in [4.69, 9.17) is 4.74 Å². The Hall–Kier alpha value is -3.14. The Kier molecular flexibility index (Phi) is 7.57. The zero-order valence-electron chi connectivity index (χ0n) is 19.7. The highest BCUT2D eigenvalue weighted by Crippen LogP contribution is 2.25. The number of anilines is 1. The van der Waals surface area contributed by atoms with Crippen molar-refractivity contribution in [3.63, 3.8) is 0 Å². The lowest BCUT2D eigenvalue weighted by molar-refractivity contribution is -0.115. The zero-order chi connectivity index (χ0) is 24.3. The van der Waals surface area contributed by atoms with E-state index < -0.39 is 11.2 Å². The number of aromatic nitrogens is 4. The van der Waals surface area contributed by atoms with E-state index in [2.05, 4.69) is 15.4 Å². The molecule has 2 aromatic heterocycles. The van der Waals surface area contributed by atoms with Gasteiger partial charge >= 0.3 is 5.97 Å². The van der Waals surface area contributed by atoms with Crippen molar-refractivity contribution in [1.82, 2.24) is 19.3 Å². The third-order valence-corrected chi connectivity index (χ3v) is 6.04. The van der Waals surface area contributed by atoms with E-state index in [9.17, 15) is 14.4 Å². The van der Waals surface area contributed by atoms with Gasteiger partial charge in [0.05, 0.1) is 35.0 Å². The van der Waals surface area contributed by atoms with Gasteiger partial charge in [0.15, 0.2) is 5.16 Å². The third kappa shape index (κ3) is 5.44. The van der Waals surface area contributed by atoms with Gasteiger partial charge in [-0.3, -0.25) is 14.2 Å². The van der Waals surface area contributed by atoms with Crippen LogP contribution >= 0.6 is 11.8 Å². The number of hydrogen-bond acceptors (Lipinski definition) is 7. The minimum absolute atomic E-state index is 0.0978. The van der Waals surface area contributed by atoms with Crippen LogP contribution in [0.1, 0.15) is 51.0 Å². The molecule has 0 saturated carbocycles. The molecule has 0 unspecified atom stereocenters. The summed E-state index contributed by atoms with van der Waals surface area (Å²) < 4.78 is 8.10. The number of rotatable bonds is 8. The molecule has 0 fully saturated rings. The van der Waals surface area contributed by atoms with Crippen molar-refractivity contribution >= 4 is 40.4 Å². The number of amides is 1. The largest absolute Gasteiger partial charge is 0.465 e. The quantitative estimate of drug-likeness (QED) is 0.303. The molecule has 33 heavy (non-hydrogen) atoms. The first kappa shape index (κ1) is 24.5. The van der Waals surface area contributed by atoms with Gasteiger partial charge in [0.2, 0.25) is 5.91 Å². The number of methoxy groups -OCH3 is 1. The van der Waals surface area contributed by atoms with Crippen LogP contribution < -0.4 is 10.9 Å². The first-order valence-electron chi connectivity index (χ1n) is 10.8. The monoisotopic (exact) mass is 471 g/mol. The van der Waals surface area contributed by atoms with Crippen molar-refractivity contribution in [3.05, 3.63) is 46.4 Å². The van der Waals surface area contributed by atoms with E-state index >= 15 is 0 Å². The smallest absolute Gasteiger partial charge is 0.337 e. The highest BCUT2D eigenvalue weighted by atomic mass is 32.2. The maximum atomic E-state index is 13.2. The van der Waals surface area contributed by atoms with E-state index in [-0.39, 0.29) is 23.4 Å². The number of thioether (sulfide) groups is 1. The molecule has 3 aromatic rings. The molecule has 0 spiro atoms. The van der Waals surface area contributed by atoms with Crippen molar-refractivity contribution in [3.8, 4) is 0 Å². The van der Waals surface area contributed by atoms with Gasteiger partial charge in [0.1, 0.15) is 5.82 Å². The van der Waals surface area contributed by atoms with Gasteiger partial charge < -0.3 is 10.1 Å². The van der Waals surface area contributed by atoms with Gasteiger partial charge in [-0.25, -0.2) is 14.5 Å². The van der Waals surface area contributed by atoms with Crippen LogP contribution in [0.25, 0.3) is 10.9 Å². The molecule has 9 nitrogen and oxygen atoms in total. The van der Waals surface area contributed by atoms with E-state index in [1.165, 1.54) is 24.9 Å². The second-order valence-electron chi connectivity index (χ2n) is 8.43. The normalized spacial score (nSPS) is 12.4. The number of esters is 1. The summed E-state index contributed by atoms with van der Waals surface area (Å²) in [5.74, 6) is 0.0707. The van der Waals surface area contributed by atoms with Gasteiger partial charge in [-0.2, -0.15) is 5.10 Å². The lowest BCUT2D eigenvalue weighted by Gasteiger charge is -2.18. The maximum Gasteiger partial charge on any atom is 0.337 e. The Morgan fingerprint density at radius 1 is 1.15 bits per heavy atom. The first-order chi connectivity index (χ1) is 15.6. The van der Waals surface area contributed by atoms with Crippen molar-refractivity contribution < 1.29 is 14.3 Å². The number of nitrogens with one attached hydrogen (secondary N) is 1. The van der Waals surface area contributed by atoms with Crippen molar-refractivity contribution in [2.75, 3.05) is 12.4 Å². The third-order valence-electron chi connectivity index (χ3n) is 4.95. The van der Waals surface area contributed by atoms with Crippen molar-refractivity contribution in [1.29, 1.82) is 0 Å². The van der Waals surface area contributed by atoms with E-state index in [1.807, 2.05) is 27.7 Å². The molecule has 1 N–H and O–H groups in total. The lowest BCUT2D eigenvalue weighted by Crippen LogP contribution is -2.29. The fourth-order valence-corrected chi connectivity index (χ4v) is 4.24. The fraction of sp³-hybridized carbons (Fsp3) is 0.435. The van der Waals surface area contributed by atoms with Crippen LogP contribution in [0.3, 0.4) is 0 Å². The van der Waals surface area contributed by atoms with Crippen molar-refractivity contribution in [2.45, 2.75) is 57.6 Å². The fourth-order valence-electron chi connectivity index (χ4n) is 3.33. The Morgan fingerprint density at radius 3 is 2.52 bits per heavy atom.